The molecule has 0 N–H and O–H groups in total. The summed E-state index contributed by atoms with van der Waals surface area (Å²) in [6.45, 7) is 1.38. The van der Waals surface area contributed by atoms with Crippen molar-refractivity contribution in [2.45, 2.75) is 17.7 Å². The highest BCUT2D eigenvalue weighted by atomic mass is 79.9. The van der Waals surface area contributed by atoms with Crippen LogP contribution in [0.5, 0.6) is 0 Å². The second kappa shape index (κ2) is 5.63. The fraction of sp³-hybridized carbons (Fsp3) is 0.500. The molecule has 0 radical (unpaired) electrons. The van der Waals surface area contributed by atoms with E-state index in [1.165, 1.54) is 0 Å². The number of hydrogen-bond acceptors (Lipinski definition) is 1. The Labute approximate surface area is 112 Å². The van der Waals surface area contributed by atoms with Crippen LogP contribution in [0.3, 0.4) is 0 Å². The SMILES string of the molecule is Fc1cc(Cl)c(C(Br)C2CCCOC2)cc1F. The van der Waals surface area contributed by atoms with Crippen LogP contribution in [-0.2, 0) is 4.74 Å². The Balaban J connectivity index is 2.23. The van der Waals surface area contributed by atoms with Gasteiger partial charge in [-0.3, -0.25) is 0 Å². The minimum absolute atomic E-state index is 0.106. The van der Waals surface area contributed by atoms with Crippen molar-refractivity contribution in [3.8, 4) is 0 Å². The lowest BCUT2D eigenvalue weighted by molar-refractivity contribution is 0.0546. The van der Waals surface area contributed by atoms with Crippen molar-refractivity contribution in [3.05, 3.63) is 34.4 Å². The largest absolute Gasteiger partial charge is 0.381 e. The van der Waals surface area contributed by atoms with Gasteiger partial charge in [-0.2, -0.15) is 0 Å². The molecule has 94 valence electrons. The molecule has 0 spiro atoms. The van der Waals surface area contributed by atoms with Crippen molar-refractivity contribution in [1.29, 1.82) is 0 Å². The summed E-state index contributed by atoms with van der Waals surface area (Å²) in [6.07, 6.45) is 1.97. The lowest BCUT2D eigenvalue weighted by Gasteiger charge is -2.27. The van der Waals surface area contributed by atoms with Crippen LogP contribution in [0.2, 0.25) is 5.02 Å². The van der Waals surface area contributed by atoms with E-state index < -0.39 is 11.6 Å². The second-order valence-electron chi connectivity index (χ2n) is 4.17. The third-order valence-electron chi connectivity index (χ3n) is 2.95. The molecule has 1 aliphatic rings. The number of alkyl halides is 1. The monoisotopic (exact) mass is 324 g/mol. The van der Waals surface area contributed by atoms with Crippen LogP contribution in [0.1, 0.15) is 23.2 Å². The van der Waals surface area contributed by atoms with Crippen molar-refractivity contribution >= 4 is 27.5 Å². The summed E-state index contributed by atoms with van der Waals surface area (Å²) in [4.78, 5) is -0.106. The molecule has 1 aromatic carbocycles. The number of ether oxygens (including phenoxy) is 1. The zero-order chi connectivity index (χ0) is 12.4. The number of rotatable bonds is 2. The molecule has 17 heavy (non-hydrogen) atoms. The molecule has 2 rings (SSSR count). The molecule has 0 amide bonds. The second-order valence-corrected chi connectivity index (χ2v) is 5.56. The van der Waals surface area contributed by atoms with E-state index in [4.69, 9.17) is 16.3 Å². The summed E-state index contributed by atoms with van der Waals surface area (Å²) in [7, 11) is 0. The van der Waals surface area contributed by atoms with E-state index in [0.29, 0.717) is 12.2 Å². The van der Waals surface area contributed by atoms with Crippen LogP contribution >= 0.6 is 27.5 Å². The molecule has 1 aromatic rings. The summed E-state index contributed by atoms with van der Waals surface area (Å²) in [5.74, 6) is -1.55. The average Bonchev–Trinajstić information content (AvgIpc) is 2.34. The van der Waals surface area contributed by atoms with Crippen molar-refractivity contribution in [1.82, 2.24) is 0 Å². The van der Waals surface area contributed by atoms with Crippen molar-refractivity contribution in [3.63, 3.8) is 0 Å². The van der Waals surface area contributed by atoms with Gasteiger partial charge in [-0.1, -0.05) is 27.5 Å². The molecular formula is C12H12BrClF2O. The summed E-state index contributed by atoms with van der Waals surface area (Å²) < 4.78 is 31.5. The topological polar surface area (TPSA) is 9.23 Å². The summed E-state index contributed by atoms with van der Waals surface area (Å²) in [5, 5.41) is 0.247. The molecule has 1 aliphatic heterocycles. The number of hydrogen-bond donors (Lipinski definition) is 0. The zero-order valence-corrected chi connectivity index (χ0v) is 11.4. The maximum atomic E-state index is 13.2. The number of benzene rings is 1. The van der Waals surface area contributed by atoms with Gasteiger partial charge in [-0.15, -0.1) is 0 Å². The highest BCUT2D eigenvalue weighted by Crippen LogP contribution is 2.39. The Bertz CT molecular complexity index is 408. The third-order valence-corrected chi connectivity index (χ3v) is 4.51. The first kappa shape index (κ1) is 13.2. The highest BCUT2D eigenvalue weighted by Gasteiger charge is 2.26. The van der Waals surface area contributed by atoms with Gasteiger partial charge in [0.2, 0.25) is 0 Å². The lowest BCUT2D eigenvalue weighted by atomic mass is 9.94. The molecule has 1 nitrogen and oxygen atoms in total. The maximum Gasteiger partial charge on any atom is 0.160 e. The quantitative estimate of drug-likeness (QED) is 0.575. The van der Waals surface area contributed by atoms with Gasteiger partial charge in [0.15, 0.2) is 11.6 Å². The van der Waals surface area contributed by atoms with E-state index in [9.17, 15) is 8.78 Å². The predicted molar refractivity (Wildman–Crippen MR) is 66.6 cm³/mol. The van der Waals surface area contributed by atoms with Gasteiger partial charge in [-0.05, 0) is 36.5 Å². The van der Waals surface area contributed by atoms with Gasteiger partial charge in [-0.25, -0.2) is 8.78 Å². The van der Waals surface area contributed by atoms with E-state index in [2.05, 4.69) is 15.9 Å². The van der Waals surface area contributed by atoms with E-state index in [1.807, 2.05) is 0 Å². The van der Waals surface area contributed by atoms with Crippen molar-refractivity contribution < 1.29 is 13.5 Å². The fourth-order valence-electron chi connectivity index (χ4n) is 2.00. The van der Waals surface area contributed by atoms with E-state index in [-0.39, 0.29) is 15.8 Å². The van der Waals surface area contributed by atoms with Crippen LogP contribution in [-0.4, -0.2) is 13.2 Å². The predicted octanol–water partition coefficient (Wildman–Crippen LogP) is 4.48. The molecule has 0 aliphatic carbocycles. The Morgan fingerprint density at radius 1 is 1.35 bits per heavy atom. The van der Waals surface area contributed by atoms with E-state index in [0.717, 1.165) is 31.6 Å². The molecule has 1 fully saturated rings. The van der Waals surface area contributed by atoms with E-state index in [1.54, 1.807) is 0 Å². The highest BCUT2D eigenvalue weighted by molar-refractivity contribution is 9.09. The number of halogens is 4. The Kier molecular flexibility index (Phi) is 4.39. The molecule has 5 heteroatoms. The molecular weight excluding hydrogens is 313 g/mol. The minimum Gasteiger partial charge on any atom is -0.381 e. The molecule has 0 saturated carbocycles. The molecule has 1 saturated heterocycles. The van der Waals surface area contributed by atoms with Gasteiger partial charge >= 0.3 is 0 Å². The lowest BCUT2D eigenvalue weighted by Crippen LogP contribution is -2.21. The fourth-order valence-corrected chi connectivity index (χ4v) is 3.20. The van der Waals surface area contributed by atoms with Gasteiger partial charge in [0, 0.05) is 16.5 Å². The van der Waals surface area contributed by atoms with Crippen LogP contribution < -0.4 is 0 Å². The van der Waals surface area contributed by atoms with Crippen LogP contribution in [0.25, 0.3) is 0 Å². The standard InChI is InChI=1S/C12H12BrClF2O/c13-12(7-2-1-3-17-6-7)8-4-10(15)11(16)5-9(8)14/h4-5,7,12H,1-3,6H2. The third kappa shape index (κ3) is 2.98. The zero-order valence-electron chi connectivity index (χ0n) is 9.06. The van der Waals surface area contributed by atoms with Crippen LogP contribution in [0.4, 0.5) is 8.78 Å². The smallest absolute Gasteiger partial charge is 0.160 e. The Morgan fingerprint density at radius 2 is 2.06 bits per heavy atom. The van der Waals surface area contributed by atoms with Gasteiger partial charge in [0.25, 0.3) is 0 Å². The molecule has 2 atom stereocenters. The molecule has 1 heterocycles. The summed E-state index contributed by atoms with van der Waals surface area (Å²) >= 11 is 9.44. The first-order valence-electron chi connectivity index (χ1n) is 5.46. The van der Waals surface area contributed by atoms with E-state index >= 15 is 0 Å². The minimum atomic E-state index is -0.918. The Hall–Kier alpha value is -0.190. The van der Waals surface area contributed by atoms with Crippen molar-refractivity contribution in [2.75, 3.05) is 13.2 Å². The van der Waals surface area contributed by atoms with Gasteiger partial charge < -0.3 is 4.74 Å². The molecule has 2 unspecified atom stereocenters. The first-order chi connectivity index (χ1) is 8.09. The van der Waals surface area contributed by atoms with Crippen LogP contribution in [0.15, 0.2) is 12.1 Å². The Morgan fingerprint density at radius 3 is 2.71 bits per heavy atom. The van der Waals surface area contributed by atoms with Gasteiger partial charge in [0.1, 0.15) is 0 Å². The summed E-state index contributed by atoms with van der Waals surface area (Å²) in [5.41, 5.74) is 0.584. The molecule has 0 aromatic heterocycles. The average molecular weight is 326 g/mol. The van der Waals surface area contributed by atoms with Crippen LogP contribution in [0, 0.1) is 17.6 Å². The van der Waals surface area contributed by atoms with Crippen molar-refractivity contribution in [2.24, 2.45) is 5.92 Å². The van der Waals surface area contributed by atoms with Gasteiger partial charge in [0.05, 0.1) is 6.61 Å². The first-order valence-corrected chi connectivity index (χ1v) is 6.75. The maximum absolute atomic E-state index is 13.2. The molecule has 0 bridgehead atoms. The normalized spacial score (nSPS) is 22.5. The summed E-state index contributed by atoms with van der Waals surface area (Å²) in [6, 6.07) is 2.18.